The van der Waals surface area contributed by atoms with Crippen molar-refractivity contribution in [2.75, 3.05) is 13.1 Å². The zero-order valence-electron chi connectivity index (χ0n) is 9.46. The minimum Gasteiger partial charge on any atom is -0.393 e. The maximum Gasteiger partial charge on any atom is 0.393 e. The Morgan fingerprint density at radius 2 is 2.12 bits per heavy atom. The van der Waals surface area contributed by atoms with Crippen LogP contribution in [0.1, 0.15) is 19.8 Å². The third-order valence-electron chi connectivity index (χ3n) is 2.99. The number of carbonyl (C=O) groups excluding carboxylic acids is 1. The van der Waals surface area contributed by atoms with Gasteiger partial charge in [-0.1, -0.05) is 12.2 Å². The summed E-state index contributed by atoms with van der Waals surface area (Å²) in [6.07, 6.45) is -3.81. The summed E-state index contributed by atoms with van der Waals surface area (Å²) in [6, 6.07) is 0. The molecule has 0 saturated carbocycles. The van der Waals surface area contributed by atoms with E-state index in [1.54, 1.807) is 0 Å². The number of rotatable bonds is 2. The first-order valence-electron chi connectivity index (χ1n) is 5.38. The van der Waals surface area contributed by atoms with Crippen molar-refractivity contribution < 1.29 is 18.0 Å². The highest BCUT2D eigenvalue weighted by Crippen LogP contribution is 2.33. The molecule has 7 heteroatoms. The van der Waals surface area contributed by atoms with Crippen LogP contribution in [0.4, 0.5) is 13.2 Å². The van der Waals surface area contributed by atoms with Gasteiger partial charge in [0.05, 0.1) is 16.8 Å². The Morgan fingerprint density at radius 3 is 2.59 bits per heavy atom. The lowest BCUT2D eigenvalue weighted by Gasteiger charge is -2.35. The number of alkyl halides is 3. The van der Waals surface area contributed by atoms with E-state index in [1.807, 2.05) is 0 Å². The third-order valence-corrected chi connectivity index (χ3v) is 3.35. The molecule has 1 heterocycles. The van der Waals surface area contributed by atoms with Gasteiger partial charge in [0.25, 0.3) is 0 Å². The van der Waals surface area contributed by atoms with Gasteiger partial charge in [-0.05, 0) is 19.8 Å². The summed E-state index contributed by atoms with van der Waals surface area (Å²) in [4.78, 5) is 13.0. The van der Waals surface area contributed by atoms with Crippen LogP contribution in [0.3, 0.4) is 0 Å². The van der Waals surface area contributed by atoms with Gasteiger partial charge < -0.3 is 10.6 Å². The number of nitrogens with zero attached hydrogens (tertiary/aromatic N) is 1. The summed E-state index contributed by atoms with van der Waals surface area (Å²) in [5.74, 6) is -2.54. The third kappa shape index (κ3) is 3.55. The number of likely N-dealkylation sites (tertiary alicyclic amines) is 1. The molecular weight excluding hydrogens is 253 g/mol. The highest BCUT2D eigenvalue weighted by molar-refractivity contribution is 7.80. The molecule has 0 bridgehead atoms. The lowest BCUT2D eigenvalue weighted by Crippen LogP contribution is -2.48. The number of piperidine rings is 1. The van der Waals surface area contributed by atoms with Crippen molar-refractivity contribution in [3.8, 4) is 0 Å². The smallest absolute Gasteiger partial charge is 0.393 e. The largest absolute Gasteiger partial charge is 0.393 e. The van der Waals surface area contributed by atoms with Crippen molar-refractivity contribution in [3.63, 3.8) is 0 Å². The molecule has 0 radical (unpaired) electrons. The molecule has 1 aliphatic rings. The number of hydrogen-bond acceptors (Lipinski definition) is 2. The fourth-order valence-electron chi connectivity index (χ4n) is 1.84. The molecule has 0 aromatic heterocycles. The number of hydrogen-bond donors (Lipinski definition) is 1. The first-order valence-corrected chi connectivity index (χ1v) is 5.79. The summed E-state index contributed by atoms with van der Waals surface area (Å²) >= 11 is 4.67. The quantitative estimate of drug-likeness (QED) is 0.776. The van der Waals surface area contributed by atoms with Crippen LogP contribution in [0.5, 0.6) is 0 Å². The van der Waals surface area contributed by atoms with Crippen LogP contribution in [-0.4, -0.2) is 35.1 Å². The maximum atomic E-state index is 12.5. The van der Waals surface area contributed by atoms with Crippen LogP contribution in [0.25, 0.3) is 0 Å². The second-order valence-electron chi connectivity index (χ2n) is 4.29. The topological polar surface area (TPSA) is 46.3 Å². The summed E-state index contributed by atoms with van der Waals surface area (Å²) < 4.78 is 37.6. The van der Waals surface area contributed by atoms with E-state index in [2.05, 4.69) is 12.2 Å². The summed E-state index contributed by atoms with van der Waals surface area (Å²) in [5.41, 5.74) is 5.33. The second-order valence-corrected chi connectivity index (χ2v) is 4.76. The van der Waals surface area contributed by atoms with E-state index in [4.69, 9.17) is 5.73 Å². The Balaban J connectivity index is 2.67. The van der Waals surface area contributed by atoms with E-state index in [1.165, 1.54) is 11.8 Å². The molecule has 17 heavy (non-hydrogen) atoms. The first-order chi connectivity index (χ1) is 7.73. The Bertz CT molecular complexity index is 319. The predicted molar refractivity (Wildman–Crippen MR) is 61.3 cm³/mol. The van der Waals surface area contributed by atoms with Crippen LogP contribution in [0.2, 0.25) is 0 Å². The Hall–Kier alpha value is -0.850. The number of halogens is 3. The van der Waals surface area contributed by atoms with Gasteiger partial charge in [0.2, 0.25) is 5.91 Å². The molecule has 1 rings (SSSR count). The van der Waals surface area contributed by atoms with E-state index < -0.39 is 23.9 Å². The lowest BCUT2D eigenvalue weighted by atomic mass is 9.96. The van der Waals surface area contributed by atoms with E-state index in [9.17, 15) is 18.0 Å². The van der Waals surface area contributed by atoms with Crippen LogP contribution < -0.4 is 5.73 Å². The van der Waals surface area contributed by atoms with E-state index >= 15 is 0 Å². The molecule has 3 nitrogen and oxygen atoms in total. The van der Waals surface area contributed by atoms with Crippen molar-refractivity contribution in [2.45, 2.75) is 25.9 Å². The highest BCUT2D eigenvalue weighted by Gasteiger charge is 2.43. The van der Waals surface area contributed by atoms with Gasteiger partial charge in [-0.2, -0.15) is 13.2 Å². The molecule has 1 aliphatic heterocycles. The van der Waals surface area contributed by atoms with Gasteiger partial charge in [0, 0.05) is 13.1 Å². The normalized spacial score (nSPS) is 23.3. The first kappa shape index (κ1) is 14.2. The minimum absolute atomic E-state index is 0.0177. The molecule has 2 N–H and O–H groups in total. The van der Waals surface area contributed by atoms with Crippen LogP contribution >= 0.6 is 12.2 Å². The summed E-state index contributed by atoms with van der Waals surface area (Å²) in [7, 11) is 0. The highest BCUT2D eigenvalue weighted by atomic mass is 32.1. The molecule has 0 aromatic rings. The molecule has 0 aromatic carbocycles. The Labute approximate surface area is 103 Å². The van der Waals surface area contributed by atoms with E-state index in [0.29, 0.717) is 13.0 Å². The van der Waals surface area contributed by atoms with Crippen molar-refractivity contribution in [3.05, 3.63) is 0 Å². The Morgan fingerprint density at radius 1 is 1.53 bits per heavy atom. The average Bonchev–Trinajstić information content (AvgIpc) is 2.26. The molecule has 0 spiro atoms. The van der Waals surface area contributed by atoms with Gasteiger partial charge in [0.15, 0.2) is 0 Å². The van der Waals surface area contributed by atoms with Gasteiger partial charge in [-0.15, -0.1) is 0 Å². The van der Waals surface area contributed by atoms with Crippen LogP contribution in [0, 0.1) is 11.8 Å². The molecule has 1 fully saturated rings. The minimum atomic E-state index is -4.24. The molecule has 1 saturated heterocycles. The zero-order valence-corrected chi connectivity index (χ0v) is 10.3. The monoisotopic (exact) mass is 268 g/mol. The molecule has 0 aliphatic carbocycles. The van der Waals surface area contributed by atoms with Gasteiger partial charge in [-0.3, -0.25) is 4.79 Å². The SMILES string of the molecule is CC(C(=O)N1CCCC(C(F)(F)F)C1)C(N)=S. The fraction of sp³-hybridized carbons (Fsp3) is 0.800. The van der Waals surface area contributed by atoms with Crippen molar-refractivity contribution in [1.29, 1.82) is 0 Å². The van der Waals surface area contributed by atoms with E-state index in [0.717, 1.165) is 0 Å². The summed E-state index contributed by atoms with van der Waals surface area (Å²) in [5, 5.41) is 0. The second kappa shape index (κ2) is 5.20. The maximum absolute atomic E-state index is 12.5. The fourth-order valence-corrected chi connectivity index (χ4v) is 1.94. The zero-order chi connectivity index (χ0) is 13.2. The average molecular weight is 268 g/mol. The number of amides is 1. The summed E-state index contributed by atoms with van der Waals surface area (Å²) in [6.45, 7) is 1.58. The van der Waals surface area contributed by atoms with Crippen molar-refractivity contribution in [2.24, 2.45) is 17.6 Å². The van der Waals surface area contributed by atoms with Crippen molar-refractivity contribution in [1.82, 2.24) is 4.90 Å². The van der Waals surface area contributed by atoms with Crippen LogP contribution in [0.15, 0.2) is 0 Å². The van der Waals surface area contributed by atoms with E-state index in [-0.39, 0.29) is 18.0 Å². The standard InChI is InChI=1S/C10H15F3N2OS/c1-6(8(14)17)9(16)15-4-2-3-7(5-15)10(11,12)13/h6-7H,2-5H2,1H3,(H2,14,17). The molecule has 2 unspecified atom stereocenters. The molecular formula is C10H15F3N2OS. The molecule has 2 atom stereocenters. The lowest BCUT2D eigenvalue weighted by molar-refractivity contribution is -0.188. The number of nitrogens with two attached hydrogens (primary N) is 1. The van der Waals surface area contributed by atoms with Gasteiger partial charge >= 0.3 is 6.18 Å². The number of carbonyl (C=O) groups is 1. The molecule has 1 amide bonds. The van der Waals surface area contributed by atoms with Gasteiger partial charge in [-0.25, -0.2) is 0 Å². The predicted octanol–water partition coefficient (Wildman–Crippen LogP) is 1.71. The molecule has 98 valence electrons. The van der Waals surface area contributed by atoms with Gasteiger partial charge in [0.1, 0.15) is 0 Å². The number of thiocarbonyl (C=S) groups is 1. The van der Waals surface area contributed by atoms with Crippen LogP contribution in [-0.2, 0) is 4.79 Å². The Kier molecular flexibility index (Phi) is 4.35. The van der Waals surface area contributed by atoms with Crippen molar-refractivity contribution >= 4 is 23.1 Å².